The first-order valence-corrected chi connectivity index (χ1v) is 7.42. The number of aliphatic hydroxyl groups is 1. The average Bonchev–Trinajstić information content (AvgIpc) is 2.79. The molecule has 2 rings (SSSR count). The third kappa shape index (κ3) is 4.59. The van der Waals surface area contributed by atoms with E-state index in [0.717, 1.165) is 0 Å². The Kier molecular flexibility index (Phi) is 6.95. The molecule has 0 aromatic heterocycles. The summed E-state index contributed by atoms with van der Waals surface area (Å²) in [4.78, 5) is 23.2. The van der Waals surface area contributed by atoms with E-state index < -0.39 is 23.8 Å². The molecule has 5 nitrogen and oxygen atoms in total. The van der Waals surface area contributed by atoms with Crippen molar-refractivity contribution in [2.24, 2.45) is 5.92 Å². The minimum atomic E-state index is -1.06. The van der Waals surface area contributed by atoms with Gasteiger partial charge in [0.1, 0.15) is 5.92 Å². The molecular weight excluding hydrogens is 315 g/mol. The Morgan fingerprint density at radius 3 is 2.62 bits per heavy atom. The van der Waals surface area contributed by atoms with Crippen molar-refractivity contribution < 1.29 is 14.7 Å². The molecule has 1 aromatic rings. The summed E-state index contributed by atoms with van der Waals surface area (Å²) in [5, 5.41) is 15.5. The highest BCUT2D eigenvalue weighted by Gasteiger charge is 2.38. The summed E-state index contributed by atoms with van der Waals surface area (Å²) in [5.74, 6) is -2.05. The minimum Gasteiger partial charge on any atom is -0.390 e. The molecule has 0 aliphatic carbocycles. The van der Waals surface area contributed by atoms with Gasteiger partial charge in [0.05, 0.1) is 6.10 Å². The van der Waals surface area contributed by atoms with Crippen LogP contribution in [0.5, 0.6) is 0 Å². The van der Waals surface area contributed by atoms with Crippen LogP contribution in [-0.2, 0) is 16.1 Å². The van der Waals surface area contributed by atoms with E-state index in [2.05, 4.69) is 10.6 Å². The highest BCUT2D eigenvalue weighted by Crippen LogP contribution is 2.21. The van der Waals surface area contributed by atoms with Crippen molar-refractivity contribution in [1.82, 2.24) is 10.6 Å². The van der Waals surface area contributed by atoms with Gasteiger partial charge in [0.25, 0.3) is 0 Å². The van der Waals surface area contributed by atoms with E-state index in [9.17, 15) is 14.7 Å². The van der Waals surface area contributed by atoms with E-state index >= 15 is 0 Å². The Balaban J connectivity index is 0.00000106. The fraction of sp³-hybridized carbons (Fsp3) is 0.429. The van der Waals surface area contributed by atoms with Gasteiger partial charge < -0.3 is 15.7 Å². The van der Waals surface area contributed by atoms with Gasteiger partial charge in [-0.05, 0) is 17.7 Å². The molecule has 1 aliphatic heterocycles. The Bertz CT molecular complexity index is 523. The predicted molar refractivity (Wildman–Crippen MR) is 82.2 cm³/mol. The van der Waals surface area contributed by atoms with E-state index in [0.29, 0.717) is 15.6 Å². The van der Waals surface area contributed by atoms with Crippen LogP contribution in [0.15, 0.2) is 18.2 Å². The van der Waals surface area contributed by atoms with Crippen molar-refractivity contribution in [3.63, 3.8) is 0 Å². The van der Waals surface area contributed by atoms with Crippen LogP contribution in [-0.4, -0.2) is 29.6 Å². The molecule has 2 unspecified atom stereocenters. The second-order valence-electron chi connectivity index (χ2n) is 4.24. The fourth-order valence-corrected chi connectivity index (χ4v) is 2.33. The second-order valence-corrected chi connectivity index (χ2v) is 5.09. The maximum absolute atomic E-state index is 11.8. The van der Waals surface area contributed by atoms with Crippen molar-refractivity contribution >= 4 is 35.0 Å². The number of rotatable bonds is 3. The van der Waals surface area contributed by atoms with Crippen molar-refractivity contribution in [1.29, 1.82) is 0 Å². The van der Waals surface area contributed by atoms with Crippen LogP contribution in [0.2, 0.25) is 10.0 Å². The van der Waals surface area contributed by atoms with Crippen LogP contribution in [0.25, 0.3) is 0 Å². The van der Waals surface area contributed by atoms with E-state index in [1.807, 2.05) is 13.8 Å². The van der Waals surface area contributed by atoms with Crippen molar-refractivity contribution in [2.75, 3.05) is 6.54 Å². The molecule has 21 heavy (non-hydrogen) atoms. The lowest BCUT2D eigenvalue weighted by atomic mass is 10.0. The van der Waals surface area contributed by atoms with Crippen LogP contribution in [0, 0.1) is 5.92 Å². The third-order valence-electron chi connectivity index (χ3n) is 2.90. The molecule has 0 saturated carbocycles. The molecule has 0 spiro atoms. The highest BCUT2D eigenvalue weighted by atomic mass is 35.5. The molecule has 7 heteroatoms. The summed E-state index contributed by atoms with van der Waals surface area (Å²) in [6.45, 7) is 4.27. The lowest BCUT2D eigenvalue weighted by molar-refractivity contribution is -0.135. The number of hydrogen-bond acceptors (Lipinski definition) is 3. The van der Waals surface area contributed by atoms with Gasteiger partial charge in [-0.15, -0.1) is 0 Å². The van der Waals surface area contributed by atoms with Crippen LogP contribution < -0.4 is 10.6 Å². The Labute approximate surface area is 133 Å². The minimum absolute atomic E-state index is 0.0959. The first-order chi connectivity index (χ1) is 9.99. The standard InChI is InChI=1S/C12H12Cl2N2O3.C2H6/c13-7-2-1-6(8(14)3-7)4-15-11(18)10-9(17)5-16-12(10)19;1-2/h1-3,9-10,17H,4-5H2,(H,15,18)(H,16,19);1-2H3. The maximum Gasteiger partial charge on any atom is 0.235 e. The number of nitrogens with one attached hydrogen (secondary N) is 2. The quantitative estimate of drug-likeness (QED) is 0.738. The topological polar surface area (TPSA) is 78.4 Å². The van der Waals surface area contributed by atoms with E-state index in [1.54, 1.807) is 18.2 Å². The summed E-state index contributed by atoms with van der Waals surface area (Å²) >= 11 is 11.7. The van der Waals surface area contributed by atoms with Crippen molar-refractivity contribution in [2.45, 2.75) is 26.5 Å². The Morgan fingerprint density at radius 2 is 2.10 bits per heavy atom. The number of amides is 2. The number of aliphatic hydroxyl groups excluding tert-OH is 1. The summed E-state index contributed by atoms with van der Waals surface area (Å²) in [6, 6.07) is 4.92. The third-order valence-corrected chi connectivity index (χ3v) is 3.49. The van der Waals surface area contributed by atoms with Crippen LogP contribution in [0.4, 0.5) is 0 Å². The van der Waals surface area contributed by atoms with E-state index in [1.165, 1.54) is 0 Å². The van der Waals surface area contributed by atoms with Crippen molar-refractivity contribution in [3.8, 4) is 0 Å². The molecule has 1 aliphatic rings. The zero-order valence-corrected chi connectivity index (χ0v) is 13.3. The molecule has 2 atom stereocenters. The SMILES string of the molecule is CC.O=C(NCc1ccc(Cl)cc1Cl)C1C(=O)NCC1O. The number of hydrogen-bond donors (Lipinski definition) is 3. The normalized spacial score (nSPS) is 20.3. The van der Waals surface area contributed by atoms with Gasteiger partial charge in [-0.2, -0.15) is 0 Å². The predicted octanol–water partition coefficient (Wildman–Crippen LogP) is 1.74. The Morgan fingerprint density at radius 1 is 1.43 bits per heavy atom. The molecular formula is C14H18Cl2N2O3. The molecule has 1 heterocycles. The number of benzene rings is 1. The monoisotopic (exact) mass is 332 g/mol. The Hall–Kier alpha value is -1.30. The smallest absolute Gasteiger partial charge is 0.235 e. The summed E-state index contributed by atoms with van der Waals surface area (Å²) < 4.78 is 0. The van der Waals surface area contributed by atoms with Gasteiger partial charge in [0, 0.05) is 23.1 Å². The lowest BCUT2D eigenvalue weighted by Crippen LogP contribution is -2.39. The largest absolute Gasteiger partial charge is 0.390 e. The highest BCUT2D eigenvalue weighted by molar-refractivity contribution is 6.35. The van der Waals surface area contributed by atoms with Gasteiger partial charge in [-0.1, -0.05) is 43.1 Å². The van der Waals surface area contributed by atoms with Gasteiger partial charge in [0.15, 0.2) is 0 Å². The summed E-state index contributed by atoms with van der Waals surface area (Å²) in [7, 11) is 0. The lowest BCUT2D eigenvalue weighted by Gasteiger charge is -2.12. The number of carbonyl (C=O) groups excluding carboxylic acids is 2. The van der Waals surface area contributed by atoms with Gasteiger partial charge >= 0.3 is 0 Å². The van der Waals surface area contributed by atoms with Gasteiger partial charge in [0.2, 0.25) is 11.8 Å². The zero-order chi connectivity index (χ0) is 16.0. The molecule has 2 amide bonds. The molecule has 116 valence electrons. The number of carbonyl (C=O) groups is 2. The second kappa shape index (κ2) is 8.22. The van der Waals surface area contributed by atoms with Gasteiger partial charge in [-0.25, -0.2) is 0 Å². The molecule has 0 bridgehead atoms. The van der Waals surface area contributed by atoms with Crippen LogP contribution in [0.3, 0.4) is 0 Å². The molecule has 1 aromatic carbocycles. The molecule has 3 N–H and O–H groups in total. The first kappa shape index (κ1) is 17.8. The van der Waals surface area contributed by atoms with Gasteiger partial charge in [-0.3, -0.25) is 9.59 Å². The molecule has 1 saturated heterocycles. The van der Waals surface area contributed by atoms with Crippen LogP contribution in [0.1, 0.15) is 19.4 Å². The van der Waals surface area contributed by atoms with Crippen LogP contribution >= 0.6 is 23.2 Å². The maximum atomic E-state index is 11.8. The van der Waals surface area contributed by atoms with E-state index in [-0.39, 0.29) is 13.1 Å². The summed E-state index contributed by atoms with van der Waals surface area (Å²) in [5.41, 5.74) is 0.687. The zero-order valence-electron chi connectivity index (χ0n) is 11.8. The number of β-amino-alcohol motifs (C(OH)–C–C–N with tert-alkyl or cyclic N) is 1. The van der Waals surface area contributed by atoms with Crippen molar-refractivity contribution in [3.05, 3.63) is 33.8 Å². The number of halogens is 2. The average molecular weight is 333 g/mol. The first-order valence-electron chi connectivity index (χ1n) is 6.66. The molecule has 0 radical (unpaired) electrons. The fourth-order valence-electron chi connectivity index (χ4n) is 1.86. The summed E-state index contributed by atoms with van der Waals surface area (Å²) in [6.07, 6.45) is -0.992. The van der Waals surface area contributed by atoms with E-state index in [4.69, 9.17) is 23.2 Å². The molecule has 1 fully saturated rings.